The average molecular weight is 472 g/mol. The molecule has 33 heavy (non-hydrogen) atoms. The van der Waals surface area contributed by atoms with E-state index in [2.05, 4.69) is 25.9 Å². The van der Waals surface area contributed by atoms with Crippen molar-refractivity contribution in [2.75, 3.05) is 21.7 Å². The number of anilines is 4. The Morgan fingerprint density at radius 3 is 2.27 bits per heavy atom. The third kappa shape index (κ3) is 5.01. The molecule has 0 aliphatic heterocycles. The van der Waals surface area contributed by atoms with Crippen LogP contribution in [-0.4, -0.2) is 21.9 Å². The number of fused-ring (bicyclic) bond motifs is 1. The van der Waals surface area contributed by atoms with Gasteiger partial charge in [-0.1, -0.05) is 6.07 Å². The first-order chi connectivity index (χ1) is 15.7. The Morgan fingerprint density at radius 1 is 0.909 bits per heavy atom. The maximum Gasteiger partial charge on any atom is 0.416 e. The highest BCUT2D eigenvalue weighted by Crippen LogP contribution is 2.31. The number of nitrogens with zero attached hydrogens (tertiary/aromatic N) is 2. The highest BCUT2D eigenvalue weighted by atomic mass is 32.1. The highest BCUT2D eigenvalue weighted by Gasteiger charge is 2.30. The van der Waals surface area contributed by atoms with Crippen molar-refractivity contribution in [1.82, 2.24) is 9.97 Å². The number of halogens is 3. The molecule has 0 spiro atoms. The summed E-state index contributed by atoms with van der Waals surface area (Å²) in [5.74, 6) is -0.191. The van der Waals surface area contributed by atoms with Crippen molar-refractivity contribution in [3.05, 3.63) is 71.4 Å². The molecule has 4 aromatic rings. The molecule has 4 rings (SSSR count). The lowest BCUT2D eigenvalue weighted by atomic mass is 10.2. The van der Waals surface area contributed by atoms with E-state index in [1.165, 1.54) is 41.9 Å². The maximum absolute atomic E-state index is 12.8. The van der Waals surface area contributed by atoms with Gasteiger partial charge in [-0.05, 0) is 42.5 Å². The number of carbonyl (C=O) groups is 2. The molecule has 0 bridgehead atoms. The second-order valence-corrected chi connectivity index (χ2v) is 7.64. The van der Waals surface area contributed by atoms with Gasteiger partial charge in [0.25, 0.3) is 5.91 Å². The first kappa shape index (κ1) is 22.0. The Morgan fingerprint density at radius 2 is 1.58 bits per heavy atom. The van der Waals surface area contributed by atoms with Crippen molar-refractivity contribution in [2.45, 2.75) is 6.18 Å². The molecule has 0 saturated heterocycles. The Hall–Kier alpha value is -4.19. The van der Waals surface area contributed by atoms with Crippen LogP contribution < -0.4 is 21.7 Å². The smallest absolute Gasteiger partial charge is 0.383 e. The summed E-state index contributed by atoms with van der Waals surface area (Å²) in [6.45, 7) is 0. The first-order valence-corrected chi connectivity index (χ1v) is 10.2. The fourth-order valence-corrected chi connectivity index (χ4v) is 3.86. The van der Waals surface area contributed by atoms with Crippen molar-refractivity contribution in [3.8, 4) is 0 Å². The fraction of sp³-hybridized carbons (Fsp3) is 0.0476. The van der Waals surface area contributed by atoms with Gasteiger partial charge in [-0.3, -0.25) is 4.79 Å². The third-order valence-electron chi connectivity index (χ3n) is 4.49. The number of benzene rings is 2. The van der Waals surface area contributed by atoms with Gasteiger partial charge in [-0.2, -0.15) is 13.2 Å². The molecule has 5 N–H and O–H groups in total. The minimum Gasteiger partial charge on any atom is -0.383 e. The van der Waals surface area contributed by atoms with Crippen molar-refractivity contribution in [1.29, 1.82) is 0 Å². The summed E-state index contributed by atoms with van der Waals surface area (Å²) < 4.78 is 38.4. The van der Waals surface area contributed by atoms with Crippen LogP contribution in [0.2, 0.25) is 0 Å². The van der Waals surface area contributed by atoms with Crippen LogP contribution in [0.3, 0.4) is 0 Å². The van der Waals surface area contributed by atoms with Crippen LogP contribution in [0.4, 0.5) is 40.8 Å². The quantitative estimate of drug-likeness (QED) is 0.326. The molecule has 2 aromatic carbocycles. The van der Waals surface area contributed by atoms with Crippen LogP contribution in [-0.2, 0) is 6.18 Å². The van der Waals surface area contributed by atoms with Gasteiger partial charge in [0.1, 0.15) is 17.0 Å². The van der Waals surface area contributed by atoms with Crippen LogP contribution >= 0.6 is 11.3 Å². The summed E-state index contributed by atoms with van der Waals surface area (Å²) in [7, 11) is 0. The van der Waals surface area contributed by atoms with E-state index in [-0.39, 0.29) is 11.5 Å². The number of nitrogens with two attached hydrogens (primary N) is 1. The predicted octanol–water partition coefficient (Wildman–Crippen LogP) is 5.19. The van der Waals surface area contributed by atoms with E-state index in [4.69, 9.17) is 5.73 Å². The van der Waals surface area contributed by atoms with E-state index in [0.717, 1.165) is 12.1 Å². The van der Waals surface area contributed by atoms with Gasteiger partial charge in [-0.25, -0.2) is 14.8 Å². The van der Waals surface area contributed by atoms with Gasteiger partial charge >= 0.3 is 12.2 Å². The van der Waals surface area contributed by atoms with Gasteiger partial charge in [0.2, 0.25) is 0 Å². The molecule has 2 heterocycles. The van der Waals surface area contributed by atoms with E-state index >= 15 is 0 Å². The third-order valence-corrected chi connectivity index (χ3v) is 5.38. The van der Waals surface area contributed by atoms with E-state index in [9.17, 15) is 22.8 Å². The number of thiophene rings is 1. The topological polar surface area (TPSA) is 122 Å². The number of carbonyl (C=O) groups excluding carboxylic acids is 2. The Bertz CT molecular complexity index is 1340. The minimum absolute atomic E-state index is 0.00236. The summed E-state index contributed by atoms with van der Waals surface area (Å²) in [6.07, 6.45) is -3.19. The van der Waals surface area contributed by atoms with Gasteiger partial charge in [0, 0.05) is 22.4 Å². The molecule has 168 valence electrons. The summed E-state index contributed by atoms with van der Waals surface area (Å²) in [5.41, 5.74) is 6.16. The summed E-state index contributed by atoms with van der Waals surface area (Å²) >= 11 is 1.27. The van der Waals surface area contributed by atoms with Crippen LogP contribution in [0, 0.1) is 0 Å². The number of amides is 3. The SMILES string of the molecule is Nc1ncnc2scc(C(=O)Nc3ccc(NC(=O)Nc4cccc(C(F)(F)F)c4)cc3)c12. The molecule has 3 amide bonds. The molecule has 2 aromatic heterocycles. The maximum atomic E-state index is 12.8. The van der Waals surface area contributed by atoms with E-state index in [1.807, 2.05) is 0 Å². The zero-order valence-electron chi connectivity index (χ0n) is 16.6. The number of hydrogen-bond donors (Lipinski definition) is 4. The van der Waals surface area contributed by atoms with Crippen LogP contribution in [0.5, 0.6) is 0 Å². The average Bonchev–Trinajstić information content (AvgIpc) is 3.20. The number of urea groups is 1. The molecule has 0 aliphatic carbocycles. The lowest BCUT2D eigenvalue weighted by Crippen LogP contribution is -2.20. The summed E-state index contributed by atoms with van der Waals surface area (Å²) in [5, 5.41) is 9.70. The zero-order chi connectivity index (χ0) is 23.6. The number of alkyl halides is 3. The lowest BCUT2D eigenvalue weighted by molar-refractivity contribution is -0.137. The second kappa shape index (κ2) is 8.74. The number of nitrogens with one attached hydrogen (secondary N) is 3. The van der Waals surface area contributed by atoms with Crippen molar-refractivity contribution >= 4 is 56.4 Å². The fourth-order valence-electron chi connectivity index (χ4n) is 2.97. The molecular formula is C21H15F3N6O2S. The summed E-state index contributed by atoms with van der Waals surface area (Å²) in [6, 6.07) is 9.77. The predicted molar refractivity (Wildman–Crippen MR) is 120 cm³/mol. The Balaban J connectivity index is 1.39. The number of aromatic nitrogens is 2. The van der Waals surface area contributed by atoms with Crippen molar-refractivity contribution < 1.29 is 22.8 Å². The first-order valence-electron chi connectivity index (χ1n) is 9.35. The van der Waals surface area contributed by atoms with Crippen LogP contribution in [0.15, 0.2) is 60.2 Å². The Labute approximate surface area is 188 Å². The molecule has 0 aliphatic rings. The minimum atomic E-state index is -4.51. The standard InChI is InChI=1S/C21H15F3N6O2S/c22-21(23,24)11-2-1-3-14(8-11)30-20(32)29-13-6-4-12(5-7-13)28-18(31)15-9-33-19-16(15)17(25)26-10-27-19/h1-10H,(H,28,31)(H2,25,26,27)(H2,29,30,32). The molecule has 8 nitrogen and oxygen atoms in total. The molecule has 0 fully saturated rings. The molecule has 0 unspecified atom stereocenters. The normalized spacial score (nSPS) is 11.2. The number of hydrogen-bond acceptors (Lipinski definition) is 6. The van der Waals surface area contributed by atoms with E-state index in [1.54, 1.807) is 17.5 Å². The monoisotopic (exact) mass is 472 g/mol. The van der Waals surface area contributed by atoms with Gasteiger partial charge in [-0.15, -0.1) is 11.3 Å². The lowest BCUT2D eigenvalue weighted by Gasteiger charge is -2.11. The molecule has 0 radical (unpaired) electrons. The Kier molecular flexibility index (Phi) is 5.84. The van der Waals surface area contributed by atoms with E-state index in [0.29, 0.717) is 27.2 Å². The van der Waals surface area contributed by atoms with Gasteiger partial charge in [0.05, 0.1) is 16.5 Å². The van der Waals surface area contributed by atoms with Crippen molar-refractivity contribution in [2.24, 2.45) is 0 Å². The number of nitrogen functional groups attached to an aromatic ring is 1. The van der Waals surface area contributed by atoms with Crippen molar-refractivity contribution in [3.63, 3.8) is 0 Å². The highest BCUT2D eigenvalue weighted by molar-refractivity contribution is 7.17. The van der Waals surface area contributed by atoms with Gasteiger partial charge < -0.3 is 21.7 Å². The molecule has 12 heteroatoms. The van der Waals surface area contributed by atoms with E-state index < -0.39 is 23.7 Å². The summed E-state index contributed by atoms with van der Waals surface area (Å²) in [4.78, 5) is 33.3. The zero-order valence-corrected chi connectivity index (χ0v) is 17.4. The van der Waals surface area contributed by atoms with Gasteiger partial charge in [0.15, 0.2) is 0 Å². The molecule has 0 saturated carbocycles. The molecule has 0 atom stereocenters. The largest absolute Gasteiger partial charge is 0.416 e. The van der Waals surface area contributed by atoms with Crippen LogP contribution in [0.1, 0.15) is 15.9 Å². The second-order valence-electron chi connectivity index (χ2n) is 6.78. The molecular weight excluding hydrogens is 457 g/mol. The van der Waals surface area contributed by atoms with Crippen LogP contribution in [0.25, 0.3) is 10.2 Å². The number of rotatable bonds is 4.